The summed E-state index contributed by atoms with van der Waals surface area (Å²) in [6.45, 7) is 0. The molecule has 1 fully saturated rings. The summed E-state index contributed by atoms with van der Waals surface area (Å²) in [6, 6.07) is 4.80. The maximum Gasteiger partial charge on any atom is 0.123 e. The van der Waals surface area contributed by atoms with Crippen LogP contribution in [-0.2, 0) is 0 Å². The van der Waals surface area contributed by atoms with Crippen LogP contribution in [-0.4, -0.2) is 30.0 Å². The monoisotopic (exact) mass is 219 g/mol. The van der Waals surface area contributed by atoms with E-state index in [2.05, 4.69) is 30.0 Å². The summed E-state index contributed by atoms with van der Waals surface area (Å²) < 4.78 is 0. The standard InChI is InChI=1S/C13H21N3/c1-16(2)12-6-3-10(4-7-12)11-5-8-13(14)15-9-11/h5,8-10,12H,3-4,6-7H2,1-2H3,(H2,14,15)/t10-,12+. The molecule has 2 rings (SSSR count). The fourth-order valence-corrected chi connectivity index (χ4v) is 2.58. The van der Waals surface area contributed by atoms with E-state index < -0.39 is 0 Å². The Hall–Kier alpha value is -1.09. The first-order valence-corrected chi connectivity index (χ1v) is 6.04. The van der Waals surface area contributed by atoms with Crippen LogP contribution in [0, 0.1) is 0 Å². The minimum Gasteiger partial charge on any atom is -0.384 e. The second-order valence-corrected chi connectivity index (χ2v) is 4.99. The van der Waals surface area contributed by atoms with E-state index in [1.54, 1.807) is 0 Å². The summed E-state index contributed by atoms with van der Waals surface area (Å²) in [6.07, 6.45) is 7.07. The molecule has 1 aromatic heterocycles. The summed E-state index contributed by atoms with van der Waals surface area (Å²) >= 11 is 0. The Morgan fingerprint density at radius 3 is 2.38 bits per heavy atom. The summed E-state index contributed by atoms with van der Waals surface area (Å²) in [5.74, 6) is 1.30. The van der Waals surface area contributed by atoms with Crippen LogP contribution >= 0.6 is 0 Å². The molecule has 0 amide bonds. The predicted molar refractivity (Wildman–Crippen MR) is 67.3 cm³/mol. The average molecular weight is 219 g/mol. The van der Waals surface area contributed by atoms with Crippen molar-refractivity contribution < 1.29 is 0 Å². The number of aromatic nitrogens is 1. The van der Waals surface area contributed by atoms with Gasteiger partial charge in [0.1, 0.15) is 5.82 Å². The second-order valence-electron chi connectivity index (χ2n) is 4.99. The molecule has 3 nitrogen and oxygen atoms in total. The molecule has 88 valence electrons. The van der Waals surface area contributed by atoms with Crippen molar-refractivity contribution in [2.75, 3.05) is 19.8 Å². The topological polar surface area (TPSA) is 42.1 Å². The smallest absolute Gasteiger partial charge is 0.123 e. The van der Waals surface area contributed by atoms with Crippen LogP contribution in [0.5, 0.6) is 0 Å². The van der Waals surface area contributed by atoms with Crippen LogP contribution in [0.15, 0.2) is 18.3 Å². The number of nitrogen functional groups attached to an aromatic ring is 1. The van der Waals surface area contributed by atoms with Gasteiger partial charge < -0.3 is 10.6 Å². The number of nitrogens with zero attached hydrogens (tertiary/aromatic N) is 2. The van der Waals surface area contributed by atoms with Crippen molar-refractivity contribution in [3.8, 4) is 0 Å². The molecule has 1 saturated carbocycles. The molecular formula is C13H21N3. The van der Waals surface area contributed by atoms with Gasteiger partial charge in [-0.1, -0.05) is 6.07 Å². The Kier molecular flexibility index (Phi) is 3.44. The van der Waals surface area contributed by atoms with Crippen molar-refractivity contribution in [1.82, 2.24) is 9.88 Å². The molecule has 3 heteroatoms. The van der Waals surface area contributed by atoms with Gasteiger partial charge in [0.2, 0.25) is 0 Å². The Bertz CT molecular complexity index is 324. The molecular weight excluding hydrogens is 198 g/mol. The fraction of sp³-hybridized carbons (Fsp3) is 0.615. The van der Waals surface area contributed by atoms with E-state index in [0.29, 0.717) is 11.7 Å². The van der Waals surface area contributed by atoms with E-state index in [9.17, 15) is 0 Å². The Morgan fingerprint density at radius 2 is 1.88 bits per heavy atom. The minimum absolute atomic E-state index is 0.616. The summed E-state index contributed by atoms with van der Waals surface area (Å²) in [5, 5.41) is 0. The molecule has 1 aromatic rings. The first-order chi connectivity index (χ1) is 7.66. The van der Waals surface area contributed by atoms with Crippen LogP contribution in [0.1, 0.15) is 37.2 Å². The summed E-state index contributed by atoms with van der Waals surface area (Å²) in [5.41, 5.74) is 6.95. The number of pyridine rings is 1. The maximum atomic E-state index is 5.60. The molecule has 0 unspecified atom stereocenters. The van der Waals surface area contributed by atoms with Gasteiger partial charge in [-0.3, -0.25) is 0 Å². The fourth-order valence-electron chi connectivity index (χ4n) is 2.58. The first-order valence-electron chi connectivity index (χ1n) is 6.04. The van der Waals surface area contributed by atoms with Gasteiger partial charge in [-0.15, -0.1) is 0 Å². The van der Waals surface area contributed by atoms with Crippen LogP contribution in [0.4, 0.5) is 5.82 Å². The molecule has 16 heavy (non-hydrogen) atoms. The van der Waals surface area contributed by atoms with Crippen LogP contribution in [0.3, 0.4) is 0 Å². The van der Waals surface area contributed by atoms with E-state index >= 15 is 0 Å². The van der Waals surface area contributed by atoms with Crippen molar-refractivity contribution >= 4 is 5.82 Å². The van der Waals surface area contributed by atoms with Crippen molar-refractivity contribution in [3.05, 3.63) is 23.9 Å². The normalized spacial score (nSPS) is 25.9. The third-order valence-electron chi connectivity index (χ3n) is 3.71. The van der Waals surface area contributed by atoms with E-state index in [0.717, 1.165) is 6.04 Å². The molecule has 0 aromatic carbocycles. The van der Waals surface area contributed by atoms with Crippen LogP contribution < -0.4 is 5.73 Å². The van der Waals surface area contributed by atoms with E-state index in [-0.39, 0.29) is 0 Å². The SMILES string of the molecule is CN(C)[C@H]1CC[C@@H](c2ccc(N)nc2)CC1. The second kappa shape index (κ2) is 4.83. The molecule has 1 aliphatic rings. The van der Waals surface area contributed by atoms with Gasteiger partial charge in [0.25, 0.3) is 0 Å². The van der Waals surface area contributed by atoms with Gasteiger partial charge >= 0.3 is 0 Å². The van der Waals surface area contributed by atoms with Gasteiger partial charge in [-0.2, -0.15) is 0 Å². The van der Waals surface area contributed by atoms with Crippen molar-refractivity contribution in [3.63, 3.8) is 0 Å². The summed E-state index contributed by atoms with van der Waals surface area (Å²) in [7, 11) is 4.35. The molecule has 1 heterocycles. The largest absolute Gasteiger partial charge is 0.384 e. The van der Waals surface area contributed by atoms with E-state index in [1.165, 1.54) is 31.2 Å². The van der Waals surface area contributed by atoms with Crippen molar-refractivity contribution in [2.24, 2.45) is 0 Å². The van der Waals surface area contributed by atoms with Crippen molar-refractivity contribution in [1.29, 1.82) is 0 Å². The van der Waals surface area contributed by atoms with Gasteiger partial charge in [-0.25, -0.2) is 4.98 Å². The zero-order chi connectivity index (χ0) is 11.5. The lowest BCUT2D eigenvalue weighted by molar-refractivity contribution is 0.216. The van der Waals surface area contributed by atoms with Gasteiger partial charge in [0.05, 0.1) is 0 Å². The third kappa shape index (κ3) is 2.53. The zero-order valence-corrected chi connectivity index (χ0v) is 10.2. The lowest BCUT2D eigenvalue weighted by atomic mass is 9.82. The molecule has 0 bridgehead atoms. The average Bonchev–Trinajstić information content (AvgIpc) is 2.30. The van der Waals surface area contributed by atoms with E-state index in [4.69, 9.17) is 5.73 Å². The molecule has 0 atom stereocenters. The van der Waals surface area contributed by atoms with Gasteiger partial charge in [-0.05, 0) is 57.3 Å². The maximum absolute atomic E-state index is 5.60. The van der Waals surface area contributed by atoms with Gasteiger partial charge in [0.15, 0.2) is 0 Å². The van der Waals surface area contributed by atoms with Crippen LogP contribution in [0.2, 0.25) is 0 Å². The van der Waals surface area contributed by atoms with Crippen LogP contribution in [0.25, 0.3) is 0 Å². The molecule has 2 N–H and O–H groups in total. The highest BCUT2D eigenvalue weighted by molar-refractivity contribution is 5.30. The molecule has 0 aliphatic heterocycles. The van der Waals surface area contributed by atoms with Crippen molar-refractivity contribution in [2.45, 2.75) is 37.6 Å². The molecule has 1 aliphatic carbocycles. The highest BCUT2D eigenvalue weighted by Gasteiger charge is 2.23. The molecule has 0 radical (unpaired) electrons. The molecule has 0 saturated heterocycles. The lowest BCUT2D eigenvalue weighted by Gasteiger charge is -2.32. The first kappa shape index (κ1) is 11.4. The zero-order valence-electron chi connectivity index (χ0n) is 10.2. The van der Waals surface area contributed by atoms with E-state index in [1.807, 2.05) is 12.3 Å². The predicted octanol–water partition coefficient (Wildman–Crippen LogP) is 2.25. The minimum atomic E-state index is 0.616. The number of hydrogen-bond acceptors (Lipinski definition) is 3. The highest BCUT2D eigenvalue weighted by atomic mass is 15.1. The highest BCUT2D eigenvalue weighted by Crippen LogP contribution is 2.33. The Morgan fingerprint density at radius 1 is 1.19 bits per heavy atom. The lowest BCUT2D eigenvalue weighted by Crippen LogP contribution is -2.31. The number of anilines is 1. The van der Waals surface area contributed by atoms with Gasteiger partial charge in [0, 0.05) is 12.2 Å². The summed E-state index contributed by atoms with van der Waals surface area (Å²) in [4.78, 5) is 6.52. The quantitative estimate of drug-likeness (QED) is 0.829. The number of hydrogen-bond donors (Lipinski definition) is 1. The number of nitrogens with two attached hydrogens (primary N) is 1. The Balaban J connectivity index is 1.96. The third-order valence-corrected chi connectivity index (χ3v) is 3.71. The molecule has 0 spiro atoms. The number of rotatable bonds is 2. The Labute approximate surface area is 97.7 Å².